The van der Waals surface area contributed by atoms with Gasteiger partial charge in [-0.3, -0.25) is 19.2 Å². The van der Waals surface area contributed by atoms with E-state index in [0.717, 1.165) is 38.4 Å². The van der Waals surface area contributed by atoms with Crippen molar-refractivity contribution in [3.63, 3.8) is 0 Å². The van der Waals surface area contributed by atoms with Gasteiger partial charge in [0.1, 0.15) is 0 Å². The van der Waals surface area contributed by atoms with Crippen LogP contribution in [-0.2, 0) is 16.6 Å². The topological polar surface area (TPSA) is 73.7 Å². The van der Waals surface area contributed by atoms with Crippen molar-refractivity contribution in [3.05, 3.63) is 12.4 Å². The fourth-order valence-electron chi connectivity index (χ4n) is 3.06. The van der Waals surface area contributed by atoms with Crippen molar-refractivity contribution in [1.29, 1.82) is 0 Å². The third-order valence-corrected chi connectivity index (χ3v) is 4.41. The SMILES string of the molecule is Cn1cc(N2CCN(CCC(=O)N3CCNCC3)CC2=O)cn1. The molecule has 1 aromatic heterocycles. The molecule has 0 spiro atoms. The van der Waals surface area contributed by atoms with E-state index < -0.39 is 0 Å². The monoisotopic (exact) mass is 320 g/mol. The molecule has 3 rings (SSSR count). The predicted octanol–water partition coefficient (Wildman–Crippen LogP) is -1.11. The van der Waals surface area contributed by atoms with Gasteiger partial charge in [-0.1, -0.05) is 0 Å². The summed E-state index contributed by atoms with van der Waals surface area (Å²) in [6.45, 7) is 5.75. The number of piperazine rings is 2. The number of aryl methyl sites for hydroxylation is 1. The number of nitrogens with zero attached hydrogens (tertiary/aromatic N) is 5. The van der Waals surface area contributed by atoms with E-state index in [1.165, 1.54) is 0 Å². The third-order valence-electron chi connectivity index (χ3n) is 4.41. The van der Waals surface area contributed by atoms with Gasteiger partial charge in [0.2, 0.25) is 11.8 Å². The van der Waals surface area contributed by atoms with Crippen molar-refractivity contribution in [2.45, 2.75) is 6.42 Å². The summed E-state index contributed by atoms with van der Waals surface area (Å²) in [4.78, 5) is 30.2. The van der Waals surface area contributed by atoms with Crippen molar-refractivity contribution in [1.82, 2.24) is 24.9 Å². The van der Waals surface area contributed by atoms with Crippen LogP contribution < -0.4 is 10.2 Å². The second kappa shape index (κ2) is 7.10. The van der Waals surface area contributed by atoms with Crippen molar-refractivity contribution in [3.8, 4) is 0 Å². The molecule has 2 fully saturated rings. The van der Waals surface area contributed by atoms with Crippen LogP contribution in [0.25, 0.3) is 0 Å². The van der Waals surface area contributed by atoms with E-state index in [4.69, 9.17) is 0 Å². The molecule has 8 heteroatoms. The first-order valence-corrected chi connectivity index (χ1v) is 8.13. The van der Waals surface area contributed by atoms with Gasteiger partial charge in [-0.05, 0) is 0 Å². The van der Waals surface area contributed by atoms with Crippen molar-refractivity contribution in [2.24, 2.45) is 7.05 Å². The molecule has 1 aromatic rings. The van der Waals surface area contributed by atoms with Crippen LogP contribution in [0, 0.1) is 0 Å². The van der Waals surface area contributed by atoms with Crippen LogP contribution in [0.15, 0.2) is 12.4 Å². The Morgan fingerprint density at radius 3 is 2.70 bits per heavy atom. The summed E-state index contributed by atoms with van der Waals surface area (Å²) >= 11 is 0. The highest BCUT2D eigenvalue weighted by molar-refractivity contribution is 5.95. The fourth-order valence-corrected chi connectivity index (χ4v) is 3.06. The van der Waals surface area contributed by atoms with Crippen LogP contribution in [0.2, 0.25) is 0 Å². The molecule has 0 bridgehead atoms. The molecule has 0 unspecified atom stereocenters. The van der Waals surface area contributed by atoms with Crippen LogP contribution >= 0.6 is 0 Å². The number of carbonyl (C=O) groups excluding carboxylic acids is 2. The Morgan fingerprint density at radius 1 is 1.26 bits per heavy atom. The van der Waals surface area contributed by atoms with E-state index in [-0.39, 0.29) is 11.8 Å². The highest BCUT2D eigenvalue weighted by Gasteiger charge is 2.26. The highest BCUT2D eigenvalue weighted by atomic mass is 16.2. The smallest absolute Gasteiger partial charge is 0.241 e. The molecule has 2 aliphatic heterocycles. The summed E-state index contributed by atoms with van der Waals surface area (Å²) in [7, 11) is 1.84. The summed E-state index contributed by atoms with van der Waals surface area (Å²) in [5.74, 6) is 0.257. The molecule has 0 radical (unpaired) electrons. The van der Waals surface area contributed by atoms with Gasteiger partial charge in [0.15, 0.2) is 0 Å². The summed E-state index contributed by atoms with van der Waals surface area (Å²) in [5.41, 5.74) is 0.842. The number of amides is 2. The molecule has 0 saturated carbocycles. The molecule has 0 atom stereocenters. The van der Waals surface area contributed by atoms with E-state index in [2.05, 4.69) is 15.3 Å². The van der Waals surface area contributed by atoms with Crippen LogP contribution in [0.1, 0.15) is 6.42 Å². The second-order valence-electron chi connectivity index (χ2n) is 6.07. The molecule has 0 aromatic carbocycles. The van der Waals surface area contributed by atoms with Gasteiger partial charge in [-0.15, -0.1) is 0 Å². The van der Waals surface area contributed by atoms with Gasteiger partial charge in [0.25, 0.3) is 0 Å². The number of anilines is 1. The zero-order valence-corrected chi connectivity index (χ0v) is 13.6. The lowest BCUT2D eigenvalue weighted by Gasteiger charge is -2.34. The van der Waals surface area contributed by atoms with Crippen molar-refractivity contribution in [2.75, 3.05) is 57.3 Å². The molecular formula is C15H24N6O2. The largest absolute Gasteiger partial charge is 0.340 e. The lowest BCUT2D eigenvalue weighted by Crippen LogP contribution is -2.51. The molecule has 3 heterocycles. The zero-order valence-electron chi connectivity index (χ0n) is 13.6. The third kappa shape index (κ3) is 3.89. The summed E-state index contributed by atoms with van der Waals surface area (Å²) in [5, 5.41) is 7.35. The summed E-state index contributed by atoms with van der Waals surface area (Å²) in [6, 6.07) is 0. The maximum Gasteiger partial charge on any atom is 0.241 e. The normalized spacial score (nSPS) is 20.1. The van der Waals surface area contributed by atoms with Gasteiger partial charge < -0.3 is 15.1 Å². The number of hydrogen-bond donors (Lipinski definition) is 1. The molecule has 2 aliphatic rings. The minimum Gasteiger partial charge on any atom is -0.340 e. The first kappa shape index (κ1) is 15.9. The van der Waals surface area contributed by atoms with Crippen LogP contribution in [0.5, 0.6) is 0 Å². The molecule has 1 N–H and O–H groups in total. The second-order valence-corrected chi connectivity index (χ2v) is 6.07. The number of aromatic nitrogens is 2. The average molecular weight is 320 g/mol. The summed E-state index contributed by atoms with van der Waals surface area (Å²) in [6.07, 6.45) is 4.04. The van der Waals surface area contributed by atoms with E-state index in [1.807, 2.05) is 18.1 Å². The molecule has 8 nitrogen and oxygen atoms in total. The Morgan fingerprint density at radius 2 is 2.04 bits per heavy atom. The quantitative estimate of drug-likeness (QED) is 0.762. The number of nitrogens with one attached hydrogen (secondary N) is 1. The van der Waals surface area contributed by atoms with Crippen molar-refractivity contribution >= 4 is 17.5 Å². The fraction of sp³-hybridized carbons (Fsp3) is 0.667. The Labute approximate surface area is 136 Å². The van der Waals surface area contributed by atoms with E-state index >= 15 is 0 Å². The minimum atomic E-state index is 0.0684. The van der Waals surface area contributed by atoms with Gasteiger partial charge in [0, 0.05) is 65.5 Å². The van der Waals surface area contributed by atoms with E-state index in [0.29, 0.717) is 26.1 Å². The van der Waals surface area contributed by atoms with Gasteiger partial charge in [-0.2, -0.15) is 5.10 Å². The van der Waals surface area contributed by atoms with Crippen LogP contribution in [0.4, 0.5) is 5.69 Å². The Hall–Kier alpha value is -1.93. The Bertz CT molecular complexity index is 566. The molecule has 2 saturated heterocycles. The highest BCUT2D eigenvalue weighted by Crippen LogP contribution is 2.16. The van der Waals surface area contributed by atoms with Gasteiger partial charge >= 0.3 is 0 Å². The first-order chi connectivity index (χ1) is 11.1. The molecule has 2 amide bonds. The standard InChI is InChI=1S/C15H24N6O2/c1-18-11-13(10-17-18)21-9-8-19(12-15(21)23)5-2-14(22)20-6-3-16-4-7-20/h10-11,16H,2-9,12H2,1H3. The first-order valence-electron chi connectivity index (χ1n) is 8.13. The Kier molecular flexibility index (Phi) is 4.92. The predicted molar refractivity (Wildman–Crippen MR) is 86.1 cm³/mol. The maximum absolute atomic E-state index is 12.3. The zero-order chi connectivity index (χ0) is 16.2. The Balaban J connectivity index is 1.46. The summed E-state index contributed by atoms with van der Waals surface area (Å²) < 4.78 is 1.70. The van der Waals surface area contributed by atoms with E-state index in [9.17, 15) is 9.59 Å². The van der Waals surface area contributed by atoms with Crippen LogP contribution in [0.3, 0.4) is 0 Å². The minimum absolute atomic E-state index is 0.0684. The number of rotatable bonds is 4. The molecule has 0 aliphatic carbocycles. The van der Waals surface area contributed by atoms with Crippen LogP contribution in [-0.4, -0.2) is 83.8 Å². The maximum atomic E-state index is 12.3. The number of hydrogen-bond acceptors (Lipinski definition) is 5. The lowest BCUT2D eigenvalue weighted by molar-refractivity contribution is -0.132. The lowest BCUT2D eigenvalue weighted by atomic mass is 10.2. The van der Waals surface area contributed by atoms with Crippen molar-refractivity contribution < 1.29 is 9.59 Å². The van der Waals surface area contributed by atoms with Gasteiger partial charge in [0.05, 0.1) is 18.4 Å². The number of carbonyl (C=O) groups is 2. The average Bonchev–Trinajstić information content (AvgIpc) is 2.99. The molecule has 126 valence electrons. The molecule has 23 heavy (non-hydrogen) atoms. The van der Waals surface area contributed by atoms with Gasteiger partial charge in [-0.25, -0.2) is 0 Å². The van der Waals surface area contributed by atoms with E-state index in [1.54, 1.807) is 15.8 Å². The molecular weight excluding hydrogens is 296 g/mol.